The van der Waals surface area contributed by atoms with Crippen molar-refractivity contribution in [2.75, 3.05) is 26.7 Å². The number of aromatic hydroxyl groups is 1. The molecule has 1 aliphatic rings. The van der Waals surface area contributed by atoms with Crippen molar-refractivity contribution in [3.63, 3.8) is 0 Å². The maximum Gasteiger partial charge on any atom is 0.226 e. The number of hydrogen-bond donors (Lipinski definition) is 1. The van der Waals surface area contributed by atoms with Crippen molar-refractivity contribution >= 4 is 29.1 Å². The number of ether oxygens (including phenoxy) is 1. The number of phenolic OH excluding ortho intramolecular Hbond substituents is 1. The summed E-state index contributed by atoms with van der Waals surface area (Å²) in [7, 11) is 1.89. The van der Waals surface area contributed by atoms with Gasteiger partial charge in [0.1, 0.15) is 11.5 Å². The molecular weight excluding hydrogens is 555 g/mol. The second-order valence-corrected chi connectivity index (χ2v) is 12.4. The molecule has 1 fully saturated rings. The van der Waals surface area contributed by atoms with Crippen LogP contribution in [0.2, 0.25) is 10.0 Å². The van der Waals surface area contributed by atoms with Gasteiger partial charge in [0.25, 0.3) is 0 Å². The minimum atomic E-state index is 0.0780. The number of likely N-dealkylation sites (N-methyl/N-ethyl adjacent to an activating group) is 1. The summed E-state index contributed by atoms with van der Waals surface area (Å²) in [5.41, 5.74) is 3.04. The second-order valence-electron chi connectivity index (χ2n) is 11.6. The number of carbonyl (C=O) groups excluding carboxylic acids is 1. The third kappa shape index (κ3) is 9.39. The molecule has 0 aromatic heterocycles. The molecule has 41 heavy (non-hydrogen) atoms. The quantitative estimate of drug-likeness (QED) is 0.230. The lowest BCUT2D eigenvalue weighted by Gasteiger charge is -2.33. The van der Waals surface area contributed by atoms with Gasteiger partial charge in [-0.05, 0) is 100.0 Å². The van der Waals surface area contributed by atoms with Crippen LogP contribution in [0.5, 0.6) is 11.5 Å². The van der Waals surface area contributed by atoms with Crippen LogP contribution in [0, 0.1) is 5.92 Å². The van der Waals surface area contributed by atoms with Gasteiger partial charge in [0.05, 0.1) is 22.6 Å². The second kappa shape index (κ2) is 14.9. The number of para-hydroxylation sites is 1. The van der Waals surface area contributed by atoms with Crippen LogP contribution in [0.25, 0.3) is 0 Å². The number of hydrogen-bond acceptors (Lipinski definition) is 4. The summed E-state index contributed by atoms with van der Waals surface area (Å²) >= 11 is 12.6. The molecule has 1 N–H and O–H groups in total. The number of phenols is 1. The van der Waals surface area contributed by atoms with Gasteiger partial charge in [0.2, 0.25) is 5.91 Å². The molecule has 0 saturated carbocycles. The first-order valence-corrected chi connectivity index (χ1v) is 15.4. The molecule has 4 rings (SSSR count). The van der Waals surface area contributed by atoms with Crippen LogP contribution >= 0.6 is 23.2 Å². The van der Waals surface area contributed by atoms with Gasteiger partial charge in [0.15, 0.2) is 0 Å². The first-order chi connectivity index (χ1) is 19.7. The highest BCUT2D eigenvalue weighted by Crippen LogP contribution is 2.33. The molecule has 0 aliphatic carbocycles. The van der Waals surface area contributed by atoms with Gasteiger partial charge in [0, 0.05) is 31.6 Å². The van der Waals surface area contributed by atoms with Gasteiger partial charge in [-0.3, -0.25) is 9.69 Å². The summed E-state index contributed by atoms with van der Waals surface area (Å²) in [6.07, 6.45) is 4.73. The van der Waals surface area contributed by atoms with Crippen molar-refractivity contribution in [2.24, 2.45) is 5.92 Å². The molecule has 1 atom stereocenters. The Morgan fingerprint density at radius 3 is 2.49 bits per heavy atom. The fourth-order valence-electron chi connectivity index (χ4n) is 5.63. The average Bonchev–Trinajstić information content (AvgIpc) is 2.94. The lowest BCUT2D eigenvalue weighted by atomic mass is 9.85. The maximum atomic E-state index is 13.3. The zero-order valence-electron chi connectivity index (χ0n) is 24.4. The SMILES string of the molecule is CC(C)Oc1cccc(CC(=O)N(C)CC(CCC2CCN(Cc3ccccc3O)CC2)c2ccc(Cl)c(Cl)c2)c1. The monoisotopic (exact) mass is 596 g/mol. The molecule has 220 valence electrons. The maximum absolute atomic E-state index is 13.3. The average molecular weight is 598 g/mol. The Kier molecular flexibility index (Phi) is 11.4. The van der Waals surface area contributed by atoms with E-state index in [1.807, 2.05) is 86.5 Å². The Bertz CT molecular complexity index is 1290. The molecule has 1 aliphatic heterocycles. The first kappa shape index (κ1) is 31.2. The zero-order chi connectivity index (χ0) is 29.4. The predicted molar refractivity (Wildman–Crippen MR) is 168 cm³/mol. The van der Waals surface area contributed by atoms with Crippen LogP contribution in [0.15, 0.2) is 66.7 Å². The van der Waals surface area contributed by atoms with Crippen LogP contribution in [-0.2, 0) is 17.8 Å². The van der Waals surface area contributed by atoms with Crippen molar-refractivity contribution < 1.29 is 14.6 Å². The molecule has 7 heteroatoms. The van der Waals surface area contributed by atoms with Crippen molar-refractivity contribution in [3.8, 4) is 11.5 Å². The van der Waals surface area contributed by atoms with Crippen LogP contribution < -0.4 is 4.74 Å². The molecule has 5 nitrogen and oxygen atoms in total. The number of amides is 1. The first-order valence-electron chi connectivity index (χ1n) is 14.6. The standard InChI is InChI=1S/C34H42Cl2N2O3/c1-24(2)41-30-9-6-7-26(19-30)20-34(40)37(3)22-28(27-13-14-31(35)32(36)21-27)12-11-25-15-17-38(18-16-25)23-29-8-4-5-10-33(29)39/h4-10,13-14,19,21,24-25,28,39H,11-12,15-18,20,22-23H2,1-3H3. The summed E-state index contributed by atoms with van der Waals surface area (Å²) < 4.78 is 5.81. The van der Waals surface area contributed by atoms with E-state index in [0.717, 1.165) is 67.8 Å². The highest BCUT2D eigenvalue weighted by molar-refractivity contribution is 6.42. The number of likely N-dealkylation sites (tertiary alicyclic amines) is 1. The molecule has 3 aromatic carbocycles. The minimum absolute atomic E-state index is 0.0780. The normalized spacial score (nSPS) is 15.2. The van der Waals surface area contributed by atoms with Gasteiger partial charge in [-0.1, -0.05) is 59.6 Å². The molecule has 1 heterocycles. The van der Waals surface area contributed by atoms with Gasteiger partial charge in [-0.2, -0.15) is 0 Å². The Balaban J connectivity index is 1.35. The number of rotatable bonds is 12. The summed E-state index contributed by atoms with van der Waals surface area (Å²) in [6, 6.07) is 21.2. The van der Waals surface area contributed by atoms with E-state index in [-0.39, 0.29) is 17.9 Å². The highest BCUT2D eigenvalue weighted by atomic mass is 35.5. The fraction of sp³-hybridized carbons (Fsp3) is 0.441. The van der Waals surface area contributed by atoms with E-state index >= 15 is 0 Å². The van der Waals surface area contributed by atoms with Gasteiger partial charge >= 0.3 is 0 Å². The molecule has 0 radical (unpaired) electrons. The van der Waals surface area contributed by atoms with Crippen LogP contribution in [-0.4, -0.2) is 53.6 Å². The number of benzene rings is 3. The van der Waals surface area contributed by atoms with Crippen molar-refractivity contribution in [3.05, 3.63) is 93.5 Å². The Labute approximate surface area is 255 Å². The molecule has 1 unspecified atom stereocenters. The van der Waals surface area contributed by atoms with Crippen molar-refractivity contribution in [1.82, 2.24) is 9.80 Å². The molecule has 3 aromatic rings. The smallest absolute Gasteiger partial charge is 0.226 e. The number of piperidine rings is 1. The largest absolute Gasteiger partial charge is 0.508 e. The van der Waals surface area contributed by atoms with Crippen LogP contribution in [0.1, 0.15) is 62.1 Å². The summed E-state index contributed by atoms with van der Waals surface area (Å²) in [5.74, 6) is 2.02. The zero-order valence-corrected chi connectivity index (χ0v) is 25.9. The highest BCUT2D eigenvalue weighted by Gasteiger charge is 2.24. The summed E-state index contributed by atoms with van der Waals surface area (Å²) in [6.45, 7) is 7.43. The molecular formula is C34H42Cl2N2O3. The predicted octanol–water partition coefficient (Wildman–Crippen LogP) is 7.96. The van der Waals surface area contributed by atoms with E-state index < -0.39 is 0 Å². The lowest BCUT2D eigenvalue weighted by Crippen LogP contribution is -2.34. The topological polar surface area (TPSA) is 53.0 Å². The van der Waals surface area contributed by atoms with Gasteiger partial charge in [-0.25, -0.2) is 0 Å². The van der Waals surface area contributed by atoms with E-state index in [9.17, 15) is 9.90 Å². The van der Waals surface area contributed by atoms with Crippen molar-refractivity contribution in [1.29, 1.82) is 0 Å². The third-order valence-corrected chi connectivity index (χ3v) is 8.72. The summed E-state index contributed by atoms with van der Waals surface area (Å²) in [4.78, 5) is 17.5. The summed E-state index contributed by atoms with van der Waals surface area (Å²) in [5, 5.41) is 11.2. The van der Waals surface area contributed by atoms with Crippen molar-refractivity contribution in [2.45, 2.75) is 64.5 Å². The van der Waals surface area contributed by atoms with Crippen LogP contribution in [0.3, 0.4) is 0 Å². The molecule has 1 amide bonds. The van der Waals surface area contributed by atoms with E-state index in [2.05, 4.69) is 4.90 Å². The van der Waals surface area contributed by atoms with Gasteiger partial charge < -0.3 is 14.7 Å². The molecule has 0 bridgehead atoms. The van der Waals surface area contributed by atoms with Crippen LogP contribution in [0.4, 0.5) is 0 Å². The van der Waals surface area contributed by atoms with E-state index in [1.165, 1.54) is 0 Å². The van der Waals surface area contributed by atoms with Gasteiger partial charge in [-0.15, -0.1) is 0 Å². The van der Waals surface area contributed by atoms with E-state index in [1.54, 1.807) is 6.07 Å². The number of halogens is 2. The minimum Gasteiger partial charge on any atom is -0.508 e. The lowest BCUT2D eigenvalue weighted by molar-refractivity contribution is -0.129. The van der Waals surface area contributed by atoms with E-state index in [4.69, 9.17) is 27.9 Å². The Morgan fingerprint density at radius 1 is 1.02 bits per heavy atom. The van der Waals surface area contributed by atoms with E-state index in [0.29, 0.717) is 34.7 Å². The Hall–Kier alpha value is -2.73. The Morgan fingerprint density at radius 2 is 1.78 bits per heavy atom. The third-order valence-electron chi connectivity index (χ3n) is 7.98. The fourth-order valence-corrected chi connectivity index (χ4v) is 5.93. The molecule has 1 saturated heterocycles. The number of nitrogens with zero attached hydrogens (tertiary/aromatic N) is 2. The molecule has 0 spiro atoms. The number of carbonyl (C=O) groups is 1.